The molecule has 118 valence electrons. The fourth-order valence-electron chi connectivity index (χ4n) is 3.42. The van der Waals surface area contributed by atoms with Crippen LogP contribution in [0.2, 0.25) is 0 Å². The van der Waals surface area contributed by atoms with E-state index in [2.05, 4.69) is 35.1 Å². The summed E-state index contributed by atoms with van der Waals surface area (Å²) in [6.45, 7) is 5.20. The molecule has 1 N–H and O–H groups in total. The maximum atomic E-state index is 12.6. The van der Waals surface area contributed by atoms with Crippen LogP contribution in [0, 0.1) is 5.92 Å². The number of rotatable bonds is 6. The Morgan fingerprint density at radius 1 is 1.38 bits per heavy atom. The third kappa shape index (κ3) is 4.35. The largest absolute Gasteiger partial charge is 0.348 e. The molecule has 1 fully saturated rings. The molecule has 1 aliphatic rings. The number of hydrogen-bond acceptors (Lipinski definition) is 1. The number of amides is 1. The second-order valence-electron chi connectivity index (χ2n) is 6.12. The van der Waals surface area contributed by atoms with E-state index in [1.165, 1.54) is 32.1 Å². The van der Waals surface area contributed by atoms with Crippen LogP contribution >= 0.6 is 15.9 Å². The highest BCUT2D eigenvalue weighted by atomic mass is 79.9. The van der Waals surface area contributed by atoms with Crippen molar-refractivity contribution in [1.29, 1.82) is 0 Å². The molecule has 0 spiro atoms. The minimum Gasteiger partial charge on any atom is -0.348 e. The third-order valence-electron chi connectivity index (χ3n) is 4.54. The minimum absolute atomic E-state index is 0.0755. The summed E-state index contributed by atoms with van der Waals surface area (Å²) in [5.74, 6) is 0.734. The van der Waals surface area contributed by atoms with Gasteiger partial charge in [-0.1, -0.05) is 33.1 Å². The normalized spacial score (nSPS) is 17.7. The van der Waals surface area contributed by atoms with Crippen LogP contribution in [-0.4, -0.2) is 16.5 Å². The van der Waals surface area contributed by atoms with Gasteiger partial charge in [-0.2, -0.15) is 0 Å². The lowest BCUT2D eigenvalue weighted by atomic mass is 9.83. The van der Waals surface area contributed by atoms with Gasteiger partial charge in [0.05, 0.1) is 0 Å². The lowest BCUT2D eigenvalue weighted by molar-refractivity contribution is 0.0901. The maximum Gasteiger partial charge on any atom is 0.268 e. The van der Waals surface area contributed by atoms with E-state index in [0.717, 1.165) is 29.6 Å². The predicted molar refractivity (Wildman–Crippen MR) is 90.5 cm³/mol. The van der Waals surface area contributed by atoms with Gasteiger partial charge in [-0.3, -0.25) is 4.79 Å². The highest BCUT2D eigenvalue weighted by Gasteiger charge is 2.25. The molecule has 0 saturated heterocycles. The van der Waals surface area contributed by atoms with Crippen molar-refractivity contribution in [3.8, 4) is 0 Å². The summed E-state index contributed by atoms with van der Waals surface area (Å²) in [6, 6.07) is 2.25. The summed E-state index contributed by atoms with van der Waals surface area (Å²) in [4.78, 5) is 12.6. The lowest BCUT2D eigenvalue weighted by Gasteiger charge is -2.30. The van der Waals surface area contributed by atoms with E-state index in [1.807, 2.05) is 16.8 Å². The van der Waals surface area contributed by atoms with Gasteiger partial charge >= 0.3 is 0 Å². The SMILES string of the molecule is CCCn1cc(Br)cc1C(=O)NC(CC)C1CCCCC1. The first kappa shape index (κ1) is 16.6. The molecule has 0 aliphatic heterocycles. The second kappa shape index (κ2) is 8.02. The van der Waals surface area contributed by atoms with E-state index in [-0.39, 0.29) is 5.91 Å². The average molecular weight is 355 g/mol. The van der Waals surface area contributed by atoms with E-state index in [4.69, 9.17) is 0 Å². The van der Waals surface area contributed by atoms with Gasteiger partial charge in [0.25, 0.3) is 5.91 Å². The zero-order valence-corrected chi connectivity index (χ0v) is 14.8. The van der Waals surface area contributed by atoms with Crippen molar-refractivity contribution in [3.63, 3.8) is 0 Å². The van der Waals surface area contributed by atoms with Gasteiger partial charge in [0.1, 0.15) is 5.69 Å². The Labute approximate surface area is 136 Å². The van der Waals surface area contributed by atoms with Crippen LogP contribution in [0.5, 0.6) is 0 Å². The number of carbonyl (C=O) groups is 1. The van der Waals surface area contributed by atoms with Crippen LogP contribution in [0.25, 0.3) is 0 Å². The van der Waals surface area contributed by atoms with Crippen molar-refractivity contribution in [2.24, 2.45) is 5.92 Å². The zero-order valence-electron chi connectivity index (χ0n) is 13.2. The third-order valence-corrected chi connectivity index (χ3v) is 4.97. The topological polar surface area (TPSA) is 34.0 Å². The van der Waals surface area contributed by atoms with Crippen LogP contribution in [0.1, 0.15) is 69.3 Å². The van der Waals surface area contributed by atoms with E-state index in [0.29, 0.717) is 12.0 Å². The molecule has 4 heteroatoms. The Kier molecular flexibility index (Phi) is 6.34. The van der Waals surface area contributed by atoms with Crippen LogP contribution in [0.15, 0.2) is 16.7 Å². The highest BCUT2D eigenvalue weighted by Crippen LogP contribution is 2.28. The number of carbonyl (C=O) groups excluding carboxylic acids is 1. The molecule has 1 unspecified atom stereocenters. The molecule has 0 bridgehead atoms. The highest BCUT2D eigenvalue weighted by molar-refractivity contribution is 9.10. The summed E-state index contributed by atoms with van der Waals surface area (Å²) >= 11 is 3.48. The molecular weight excluding hydrogens is 328 g/mol. The van der Waals surface area contributed by atoms with Gasteiger partial charge in [-0.25, -0.2) is 0 Å². The quantitative estimate of drug-likeness (QED) is 0.785. The fraction of sp³-hybridized carbons (Fsp3) is 0.706. The number of aryl methyl sites for hydroxylation is 1. The Morgan fingerprint density at radius 3 is 2.71 bits per heavy atom. The Balaban J connectivity index is 2.04. The zero-order chi connectivity index (χ0) is 15.2. The summed E-state index contributed by atoms with van der Waals surface area (Å²) in [6.07, 6.45) is 10.6. The molecule has 0 radical (unpaired) electrons. The van der Waals surface area contributed by atoms with Crippen molar-refractivity contribution < 1.29 is 4.79 Å². The number of nitrogens with zero attached hydrogens (tertiary/aromatic N) is 1. The Bertz CT molecular complexity index is 463. The molecule has 1 aromatic rings. The fourth-order valence-corrected chi connectivity index (χ4v) is 3.89. The molecular formula is C17H27BrN2O. The van der Waals surface area contributed by atoms with Crippen molar-refractivity contribution in [2.45, 2.75) is 71.4 Å². The monoisotopic (exact) mass is 354 g/mol. The standard InChI is InChI=1S/C17H27BrN2O/c1-3-10-20-12-14(18)11-16(20)17(21)19-15(4-2)13-8-6-5-7-9-13/h11-13,15H,3-10H2,1-2H3,(H,19,21). The lowest BCUT2D eigenvalue weighted by Crippen LogP contribution is -2.41. The number of aromatic nitrogens is 1. The summed E-state index contributed by atoms with van der Waals surface area (Å²) in [5, 5.41) is 3.28. The molecule has 3 nitrogen and oxygen atoms in total. The van der Waals surface area contributed by atoms with E-state index in [1.54, 1.807) is 0 Å². The molecule has 1 saturated carbocycles. The molecule has 1 aliphatic carbocycles. The molecule has 1 atom stereocenters. The Morgan fingerprint density at radius 2 is 2.10 bits per heavy atom. The van der Waals surface area contributed by atoms with Gasteiger partial charge in [-0.05, 0) is 53.6 Å². The van der Waals surface area contributed by atoms with Crippen molar-refractivity contribution in [1.82, 2.24) is 9.88 Å². The average Bonchev–Trinajstić information content (AvgIpc) is 2.87. The van der Waals surface area contributed by atoms with Gasteiger partial charge in [0.15, 0.2) is 0 Å². The number of halogens is 1. The molecule has 1 aromatic heterocycles. The molecule has 2 rings (SSSR count). The first-order valence-corrected chi connectivity index (χ1v) is 9.11. The van der Waals surface area contributed by atoms with Gasteiger partial charge in [0.2, 0.25) is 0 Å². The van der Waals surface area contributed by atoms with E-state index >= 15 is 0 Å². The van der Waals surface area contributed by atoms with Crippen molar-refractivity contribution in [3.05, 3.63) is 22.4 Å². The van der Waals surface area contributed by atoms with Gasteiger partial charge in [-0.15, -0.1) is 0 Å². The van der Waals surface area contributed by atoms with E-state index in [9.17, 15) is 4.79 Å². The number of hydrogen-bond donors (Lipinski definition) is 1. The van der Waals surface area contributed by atoms with Gasteiger partial charge in [0, 0.05) is 23.3 Å². The first-order valence-electron chi connectivity index (χ1n) is 8.32. The summed E-state index contributed by atoms with van der Waals surface area (Å²) in [7, 11) is 0. The van der Waals surface area contributed by atoms with Gasteiger partial charge < -0.3 is 9.88 Å². The summed E-state index contributed by atoms with van der Waals surface area (Å²) < 4.78 is 3.03. The second-order valence-corrected chi connectivity index (χ2v) is 7.04. The van der Waals surface area contributed by atoms with Crippen LogP contribution in [0.3, 0.4) is 0 Å². The van der Waals surface area contributed by atoms with Crippen LogP contribution < -0.4 is 5.32 Å². The maximum absolute atomic E-state index is 12.6. The van der Waals surface area contributed by atoms with Crippen LogP contribution in [0.4, 0.5) is 0 Å². The minimum atomic E-state index is 0.0755. The summed E-state index contributed by atoms with van der Waals surface area (Å²) in [5.41, 5.74) is 0.776. The number of nitrogens with one attached hydrogen (secondary N) is 1. The smallest absolute Gasteiger partial charge is 0.268 e. The van der Waals surface area contributed by atoms with Crippen molar-refractivity contribution in [2.75, 3.05) is 0 Å². The molecule has 21 heavy (non-hydrogen) atoms. The van der Waals surface area contributed by atoms with Crippen molar-refractivity contribution >= 4 is 21.8 Å². The van der Waals surface area contributed by atoms with Crippen LogP contribution in [-0.2, 0) is 6.54 Å². The first-order chi connectivity index (χ1) is 10.2. The predicted octanol–water partition coefficient (Wildman–Crippen LogP) is 4.75. The molecule has 1 heterocycles. The Hall–Kier alpha value is -0.770. The molecule has 1 amide bonds. The molecule has 0 aromatic carbocycles. The van der Waals surface area contributed by atoms with E-state index < -0.39 is 0 Å².